The van der Waals surface area contributed by atoms with Crippen molar-refractivity contribution in [3.63, 3.8) is 0 Å². The van der Waals surface area contributed by atoms with Crippen LogP contribution in [0.15, 0.2) is 48.5 Å². The number of nitrogens with zero attached hydrogens (tertiary/aromatic N) is 1. The van der Waals surface area contributed by atoms with Crippen molar-refractivity contribution < 1.29 is 14.3 Å². The van der Waals surface area contributed by atoms with E-state index in [2.05, 4.69) is 5.32 Å². The number of methoxy groups -OCH3 is 1. The molecule has 0 spiro atoms. The Morgan fingerprint density at radius 1 is 1.19 bits per heavy atom. The predicted octanol–water partition coefficient (Wildman–Crippen LogP) is 4.48. The number of carbonyl (C=O) groups excluding carboxylic acids is 2. The Hall–Kier alpha value is -2.53. The lowest BCUT2D eigenvalue weighted by molar-refractivity contribution is 0.0851. The lowest BCUT2D eigenvalue weighted by Gasteiger charge is -2.32. The van der Waals surface area contributed by atoms with Gasteiger partial charge < -0.3 is 15.0 Å². The molecule has 1 aliphatic heterocycles. The van der Waals surface area contributed by atoms with Crippen LogP contribution < -0.4 is 10.1 Å². The van der Waals surface area contributed by atoms with Crippen LogP contribution in [0.5, 0.6) is 5.75 Å². The van der Waals surface area contributed by atoms with E-state index >= 15 is 0 Å². The minimum Gasteiger partial charge on any atom is -0.497 e. The van der Waals surface area contributed by atoms with Crippen LogP contribution in [-0.4, -0.2) is 36.9 Å². The van der Waals surface area contributed by atoms with Crippen molar-refractivity contribution in [3.8, 4) is 5.75 Å². The molecule has 0 radical (unpaired) electrons. The first kappa shape index (κ1) is 18.3. The summed E-state index contributed by atoms with van der Waals surface area (Å²) in [6.45, 7) is 1.05. The summed E-state index contributed by atoms with van der Waals surface area (Å²) in [5, 5.41) is 3.41. The number of halogens is 1. The fraction of sp³-hybridized carbons (Fsp3) is 0.300. The van der Waals surface area contributed by atoms with Crippen LogP contribution in [0.3, 0.4) is 0 Å². The molecule has 1 N–H and O–H groups in total. The molecule has 2 amide bonds. The highest BCUT2D eigenvalue weighted by atomic mass is 35.5. The monoisotopic (exact) mass is 372 g/mol. The number of Topliss-reactive ketones (excluding diaryl/α,β-unsaturated/α-hetero) is 1. The first-order valence-electron chi connectivity index (χ1n) is 8.56. The van der Waals surface area contributed by atoms with Crippen molar-refractivity contribution in [2.24, 2.45) is 5.92 Å². The van der Waals surface area contributed by atoms with E-state index in [9.17, 15) is 9.59 Å². The number of piperidine rings is 1. The number of likely N-dealkylation sites (tertiary alicyclic amines) is 1. The van der Waals surface area contributed by atoms with Crippen molar-refractivity contribution >= 4 is 29.1 Å². The Balaban J connectivity index is 1.64. The van der Waals surface area contributed by atoms with Gasteiger partial charge in [-0.2, -0.15) is 0 Å². The first-order valence-corrected chi connectivity index (χ1v) is 8.94. The molecule has 1 heterocycles. The smallest absolute Gasteiger partial charge is 0.321 e. The van der Waals surface area contributed by atoms with E-state index in [1.165, 1.54) is 0 Å². The van der Waals surface area contributed by atoms with Crippen molar-refractivity contribution in [2.75, 3.05) is 25.5 Å². The number of amides is 2. The van der Waals surface area contributed by atoms with Gasteiger partial charge in [-0.05, 0) is 55.3 Å². The average Bonchev–Trinajstić information content (AvgIpc) is 2.67. The molecule has 0 bridgehead atoms. The number of hydrogen-bond donors (Lipinski definition) is 1. The van der Waals surface area contributed by atoms with Crippen LogP contribution in [-0.2, 0) is 0 Å². The van der Waals surface area contributed by atoms with E-state index < -0.39 is 0 Å². The zero-order valence-corrected chi connectivity index (χ0v) is 15.3. The van der Waals surface area contributed by atoms with Gasteiger partial charge >= 0.3 is 6.03 Å². The molecule has 1 fully saturated rings. The Morgan fingerprint density at radius 3 is 2.65 bits per heavy atom. The fourth-order valence-electron chi connectivity index (χ4n) is 3.14. The summed E-state index contributed by atoms with van der Waals surface area (Å²) < 4.78 is 5.13. The minimum absolute atomic E-state index is 0.0629. The van der Waals surface area contributed by atoms with Crippen molar-refractivity contribution in [1.82, 2.24) is 4.90 Å². The summed E-state index contributed by atoms with van der Waals surface area (Å²) >= 11 is 5.95. The molecular formula is C20H21ClN2O3. The van der Waals surface area contributed by atoms with Crippen LogP contribution in [0.25, 0.3) is 0 Å². The Kier molecular flexibility index (Phi) is 5.78. The zero-order valence-electron chi connectivity index (χ0n) is 14.6. The SMILES string of the molecule is COc1ccc(C(=O)C2CCCN(C(=O)Nc3cccc(Cl)c3)C2)cc1. The van der Waals surface area contributed by atoms with E-state index in [1.807, 2.05) is 0 Å². The number of anilines is 1. The molecule has 26 heavy (non-hydrogen) atoms. The van der Waals surface area contributed by atoms with Gasteiger partial charge in [-0.25, -0.2) is 4.79 Å². The third kappa shape index (κ3) is 4.35. The number of urea groups is 1. The molecule has 2 aromatic rings. The molecule has 136 valence electrons. The molecule has 3 rings (SSSR count). The highest BCUT2D eigenvalue weighted by Gasteiger charge is 2.29. The van der Waals surface area contributed by atoms with E-state index in [4.69, 9.17) is 16.3 Å². The summed E-state index contributed by atoms with van der Waals surface area (Å²) in [6.07, 6.45) is 1.58. The van der Waals surface area contributed by atoms with Crippen LogP contribution in [0.1, 0.15) is 23.2 Å². The van der Waals surface area contributed by atoms with Gasteiger partial charge in [0.25, 0.3) is 0 Å². The molecule has 2 aromatic carbocycles. The topological polar surface area (TPSA) is 58.6 Å². The highest BCUT2D eigenvalue weighted by molar-refractivity contribution is 6.30. The van der Waals surface area contributed by atoms with E-state index in [0.29, 0.717) is 35.1 Å². The Morgan fingerprint density at radius 2 is 1.96 bits per heavy atom. The molecular weight excluding hydrogens is 352 g/mol. The largest absolute Gasteiger partial charge is 0.497 e. The summed E-state index contributed by atoms with van der Waals surface area (Å²) in [5.41, 5.74) is 1.29. The van der Waals surface area contributed by atoms with Gasteiger partial charge in [0.2, 0.25) is 0 Å². The van der Waals surface area contributed by atoms with Crippen LogP contribution in [0.2, 0.25) is 5.02 Å². The highest BCUT2D eigenvalue weighted by Crippen LogP contribution is 2.23. The summed E-state index contributed by atoms with van der Waals surface area (Å²) in [4.78, 5) is 27.0. The van der Waals surface area contributed by atoms with Crippen LogP contribution in [0.4, 0.5) is 10.5 Å². The number of hydrogen-bond acceptors (Lipinski definition) is 3. The number of nitrogens with one attached hydrogen (secondary N) is 1. The van der Waals surface area contributed by atoms with Gasteiger partial charge in [0.15, 0.2) is 5.78 Å². The first-order chi connectivity index (χ1) is 12.6. The average molecular weight is 373 g/mol. The molecule has 5 nitrogen and oxygen atoms in total. The lowest BCUT2D eigenvalue weighted by atomic mass is 9.90. The standard InChI is InChI=1S/C20H21ClN2O3/c1-26-18-9-7-14(8-10-18)19(24)15-4-3-11-23(13-15)20(25)22-17-6-2-5-16(21)12-17/h2,5-10,12,15H,3-4,11,13H2,1H3,(H,22,25). The molecule has 1 saturated heterocycles. The Bertz CT molecular complexity index is 792. The zero-order chi connectivity index (χ0) is 18.5. The number of ketones is 1. The molecule has 0 aromatic heterocycles. The molecule has 6 heteroatoms. The van der Waals surface area contributed by atoms with E-state index in [1.54, 1.807) is 60.5 Å². The normalized spacial score (nSPS) is 16.8. The predicted molar refractivity (Wildman–Crippen MR) is 102 cm³/mol. The fourth-order valence-corrected chi connectivity index (χ4v) is 3.33. The minimum atomic E-state index is -0.209. The molecule has 0 aliphatic carbocycles. The van der Waals surface area contributed by atoms with Crippen molar-refractivity contribution in [2.45, 2.75) is 12.8 Å². The summed E-state index contributed by atoms with van der Waals surface area (Å²) in [7, 11) is 1.59. The van der Waals surface area contributed by atoms with Crippen LogP contribution >= 0.6 is 11.6 Å². The summed E-state index contributed by atoms with van der Waals surface area (Å²) in [5.74, 6) is 0.586. The van der Waals surface area contributed by atoms with Gasteiger partial charge in [0.05, 0.1) is 7.11 Å². The van der Waals surface area contributed by atoms with Gasteiger partial charge in [0, 0.05) is 35.3 Å². The van der Waals surface area contributed by atoms with E-state index in [0.717, 1.165) is 12.8 Å². The molecule has 0 saturated carbocycles. The third-order valence-corrected chi connectivity index (χ3v) is 4.76. The summed E-state index contributed by atoms with van der Waals surface area (Å²) in [6, 6.07) is 13.9. The van der Waals surface area contributed by atoms with Gasteiger partial charge in [-0.1, -0.05) is 17.7 Å². The maximum atomic E-state index is 12.8. The van der Waals surface area contributed by atoms with E-state index in [-0.39, 0.29) is 17.7 Å². The lowest BCUT2D eigenvalue weighted by Crippen LogP contribution is -2.44. The Labute approximate surface area is 157 Å². The molecule has 1 unspecified atom stereocenters. The molecule has 1 atom stereocenters. The maximum absolute atomic E-state index is 12.8. The second-order valence-electron chi connectivity index (χ2n) is 6.32. The quantitative estimate of drug-likeness (QED) is 0.805. The van der Waals surface area contributed by atoms with Crippen molar-refractivity contribution in [1.29, 1.82) is 0 Å². The molecule has 1 aliphatic rings. The number of benzene rings is 2. The second-order valence-corrected chi connectivity index (χ2v) is 6.75. The number of carbonyl (C=O) groups is 2. The number of ether oxygens (including phenoxy) is 1. The second kappa shape index (κ2) is 8.23. The number of rotatable bonds is 4. The van der Waals surface area contributed by atoms with Crippen LogP contribution in [0, 0.1) is 5.92 Å². The van der Waals surface area contributed by atoms with Gasteiger partial charge in [-0.3, -0.25) is 4.79 Å². The van der Waals surface area contributed by atoms with Gasteiger partial charge in [-0.15, -0.1) is 0 Å². The van der Waals surface area contributed by atoms with Gasteiger partial charge in [0.1, 0.15) is 5.75 Å². The maximum Gasteiger partial charge on any atom is 0.321 e. The third-order valence-electron chi connectivity index (χ3n) is 4.53. The van der Waals surface area contributed by atoms with Crippen molar-refractivity contribution in [3.05, 3.63) is 59.1 Å².